The van der Waals surface area contributed by atoms with Crippen molar-refractivity contribution in [1.29, 1.82) is 0 Å². The summed E-state index contributed by atoms with van der Waals surface area (Å²) in [6.45, 7) is 0. The molecule has 6 heteroatoms. The lowest BCUT2D eigenvalue weighted by Crippen LogP contribution is -2.52. The van der Waals surface area contributed by atoms with Crippen LogP contribution in [0.2, 0.25) is 0 Å². The van der Waals surface area contributed by atoms with Crippen molar-refractivity contribution < 1.29 is 25.2 Å². The number of alkyl halides is 1. The Bertz CT molecular complexity index is 193. The van der Waals surface area contributed by atoms with Crippen molar-refractivity contribution in [2.24, 2.45) is 0 Å². The third-order valence-electron chi connectivity index (χ3n) is 2.66. The van der Waals surface area contributed by atoms with E-state index in [4.69, 9.17) is 16.3 Å². The Balaban J connectivity index is 2.26. The van der Waals surface area contributed by atoms with Crippen molar-refractivity contribution in [2.75, 3.05) is 0 Å². The standard InChI is InChI=1S/C7H11ClO5/c8-1-2(9)6-4(11)5(12)7(13-6)3(1)10/h1-7,9-12H/t1?,2-,3+,4-,5+,6+,7-. The summed E-state index contributed by atoms with van der Waals surface area (Å²) in [5.74, 6) is 0. The van der Waals surface area contributed by atoms with Gasteiger partial charge in [0, 0.05) is 0 Å². The lowest BCUT2D eigenvalue weighted by atomic mass is 10.0. The number of rotatable bonds is 0. The average Bonchev–Trinajstić information content (AvgIpc) is 2.38. The van der Waals surface area contributed by atoms with E-state index in [9.17, 15) is 20.4 Å². The van der Waals surface area contributed by atoms with E-state index in [2.05, 4.69) is 0 Å². The number of aliphatic hydroxyl groups excluding tert-OH is 4. The molecule has 2 fully saturated rings. The molecule has 0 aromatic rings. The Kier molecular flexibility index (Phi) is 2.26. The average molecular weight is 211 g/mol. The largest absolute Gasteiger partial charge is 0.389 e. The number of hydrogen-bond acceptors (Lipinski definition) is 5. The van der Waals surface area contributed by atoms with Crippen LogP contribution in [-0.2, 0) is 4.74 Å². The van der Waals surface area contributed by atoms with Crippen molar-refractivity contribution >= 4 is 11.6 Å². The Morgan fingerprint density at radius 2 is 1.15 bits per heavy atom. The highest BCUT2D eigenvalue weighted by Gasteiger charge is 2.57. The number of aliphatic hydroxyl groups is 4. The Hall–Kier alpha value is 0.0900. The predicted molar refractivity (Wildman–Crippen MR) is 42.3 cm³/mol. The number of halogens is 1. The fourth-order valence-electron chi connectivity index (χ4n) is 1.86. The highest BCUT2D eigenvalue weighted by atomic mass is 35.5. The summed E-state index contributed by atoms with van der Waals surface area (Å²) in [6.07, 6.45) is -6.46. The quantitative estimate of drug-likeness (QED) is 0.342. The molecule has 0 amide bonds. The van der Waals surface area contributed by atoms with Gasteiger partial charge in [0.1, 0.15) is 36.6 Å². The highest BCUT2D eigenvalue weighted by molar-refractivity contribution is 6.21. The van der Waals surface area contributed by atoms with Crippen molar-refractivity contribution in [1.82, 2.24) is 0 Å². The zero-order chi connectivity index (χ0) is 9.75. The second-order valence-electron chi connectivity index (χ2n) is 3.47. The maximum absolute atomic E-state index is 9.43. The molecule has 2 saturated heterocycles. The summed E-state index contributed by atoms with van der Waals surface area (Å²) >= 11 is 5.68. The summed E-state index contributed by atoms with van der Waals surface area (Å²) in [4.78, 5) is 0. The molecule has 5 nitrogen and oxygen atoms in total. The lowest BCUT2D eigenvalue weighted by molar-refractivity contribution is -0.145. The first-order valence-electron chi connectivity index (χ1n) is 4.06. The first-order valence-corrected chi connectivity index (χ1v) is 4.49. The third kappa shape index (κ3) is 1.20. The Morgan fingerprint density at radius 3 is 1.54 bits per heavy atom. The molecule has 0 aromatic heterocycles. The van der Waals surface area contributed by atoms with E-state index in [1.165, 1.54) is 0 Å². The topological polar surface area (TPSA) is 90.2 Å². The molecule has 0 radical (unpaired) electrons. The first-order chi connectivity index (χ1) is 6.04. The van der Waals surface area contributed by atoms with Gasteiger partial charge in [-0.2, -0.15) is 0 Å². The number of ether oxygens (including phenoxy) is 1. The van der Waals surface area contributed by atoms with Crippen molar-refractivity contribution in [3.8, 4) is 0 Å². The van der Waals surface area contributed by atoms with Crippen LogP contribution < -0.4 is 0 Å². The molecule has 0 aliphatic carbocycles. The second-order valence-corrected chi connectivity index (χ2v) is 3.98. The zero-order valence-electron chi connectivity index (χ0n) is 6.62. The summed E-state index contributed by atoms with van der Waals surface area (Å²) in [6, 6.07) is 0. The molecule has 1 unspecified atom stereocenters. The maximum Gasteiger partial charge on any atom is 0.114 e. The monoisotopic (exact) mass is 210 g/mol. The van der Waals surface area contributed by atoms with E-state index in [0.29, 0.717) is 0 Å². The molecule has 13 heavy (non-hydrogen) atoms. The van der Waals surface area contributed by atoms with Gasteiger partial charge in [-0.15, -0.1) is 11.6 Å². The van der Waals surface area contributed by atoms with E-state index in [1.807, 2.05) is 0 Å². The van der Waals surface area contributed by atoms with E-state index in [1.54, 1.807) is 0 Å². The van der Waals surface area contributed by atoms with Gasteiger partial charge in [-0.05, 0) is 0 Å². The molecule has 2 bridgehead atoms. The van der Waals surface area contributed by atoms with Crippen molar-refractivity contribution in [3.63, 3.8) is 0 Å². The van der Waals surface area contributed by atoms with Gasteiger partial charge in [0.25, 0.3) is 0 Å². The molecule has 0 spiro atoms. The third-order valence-corrected chi connectivity index (χ3v) is 3.18. The van der Waals surface area contributed by atoms with E-state index < -0.39 is 42.0 Å². The molecular weight excluding hydrogens is 200 g/mol. The van der Waals surface area contributed by atoms with Crippen molar-refractivity contribution in [2.45, 2.75) is 42.0 Å². The fraction of sp³-hybridized carbons (Fsp3) is 1.00. The van der Waals surface area contributed by atoms with Gasteiger partial charge >= 0.3 is 0 Å². The molecule has 2 rings (SSSR count). The summed E-state index contributed by atoms with van der Waals surface area (Å²) < 4.78 is 5.03. The van der Waals surface area contributed by atoms with Crippen LogP contribution in [0.1, 0.15) is 0 Å². The molecule has 76 valence electrons. The minimum absolute atomic E-state index is 0.897. The molecule has 4 N–H and O–H groups in total. The van der Waals surface area contributed by atoms with Crippen LogP contribution in [0.3, 0.4) is 0 Å². The summed E-state index contributed by atoms with van der Waals surface area (Å²) in [5.41, 5.74) is 0. The van der Waals surface area contributed by atoms with Crippen molar-refractivity contribution in [3.05, 3.63) is 0 Å². The fourth-order valence-corrected chi connectivity index (χ4v) is 2.15. The summed E-state index contributed by atoms with van der Waals surface area (Å²) in [5, 5.41) is 36.7. The molecule has 0 aromatic carbocycles. The van der Waals surface area contributed by atoms with Gasteiger partial charge in [-0.3, -0.25) is 0 Å². The van der Waals surface area contributed by atoms with Gasteiger partial charge in [-0.1, -0.05) is 0 Å². The van der Waals surface area contributed by atoms with Crippen LogP contribution in [0.15, 0.2) is 0 Å². The predicted octanol–water partition coefficient (Wildman–Crippen LogP) is -2.18. The van der Waals surface area contributed by atoms with Gasteiger partial charge in [-0.25, -0.2) is 0 Å². The molecular formula is C7H11ClO5. The molecule has 2 aliphatic heterocycles. The van der Waals surface area contributed by atoms with Crippen LogP contribution >= 0.6 is 11.6 Å². The normalized spacial score (nSPS) is 61.2. The number of fused-ring (bicyclic) bond motifs is 2. The molecule has 0 saturated carbocycles. The van der Waals surface area contributed by atoms with E-state index >= 15 is 0 Å². The van der Waals surface area contributed by atoms with Gasteiger partial charge in [0.2, 0.25) is 0 Å². The number of hydrogen-bond donors (Lipinski definition) is 4. The van der Waals surface area contributed by atoms with Gasteiger partial charge in [0.05, 0.1) is 5.38 Å². The Labute approximate surface area is 79.5 Å². The first kappa shape index (κ1) is 9.64. The lowest BCUT2D eigenvalue weighted by Gasteiger charge is -2.34. The molecule has 2 heterocycles. The molecule has 7 atom stereocenters. The SMILES string of the molecule is O[C@@H]1[C@H](O)[C@@H]2O[C@H]1[C@H](O)C(Cl)[C@@H]2O. The molecule has 2 aliphatic rings. The van der Waals surface area contributed by atoms with Crippen LogP contribution in [0.4, 0.5) is 0 Å². The van der Waals surface area contributed by atoms with Crippen LogP contribution in [0, 0.1) is 0 Å². The van der Waals surface area contributed by atoms with Crippen LogP contribution in [0.25, 0.3) is 0 Å². The smallest absolute Gasteiger partial charge is 0.114 e. The zero-order valence-corrected chi connectivity index (χ0v) is 7.37. The van der Waals surface area contributed by atoms with Gasteiger partial charge in [0.15, 0.2) is 0 Å². The summed E-state index contributed by atoms with van der Waals surface area (Å²) in [7, 11) is 0. The van der Waals surface area contributed by atoms with Gasteiger partial charge < -0.3 is 25.2 Å². The van der Waals surface area contributed by atoms with Crippen LogP contribution in [-0.4, -0.2) is 62.4 Å². The minimum atomic E-state index is -1.18. The second kappa shape index (κ2) is 3.05. The van der Waals surface area contributed by atoms with E-state index in [0.717, 1.165) is 0 Å². The highest BCUT2D eigenvalue weighted by Crippen LogP contribution is 2.36. The van der Waals surface area contributed by atoms with E-state index in [-0.39, 0.29) is 0 Å². The minimum Gasteiger partial charge on any atom is -0.389 e. The van der Waals surface area contributed by atoms with Crippen LogP contribution in [0.5, 0.6) is 0 Å². The Morgan fingerprint density at radius 1 is 0.769 bits per heavy atom. The maximum atomic E-state index is 9.43.